The van der Waals surface area contributed by atoms with E-state index in [9.17, 15) is 23.1 Å². The number of carbonyl (C=O) groups is 2. The first-order valence-corrected chi connectivity index (χ1v) is 16.2. The van der Waals surface area contributed by atoms with Gasteiger partial charge in [-0.2, -0.15) is 8.42 Å². The van der Waals surface area contributed by atoms with E-state index in [0.717, 1.165) is 38.5 Å². The van der Waals surface area contributed by atoms with Crippen molar-refractivity contribution in [3.05, 3.63) is 23.3 Å². The zero-order chi connectivity index (χ0) is 29.3. The van der Waals surface area contributed by atoms with Crippen molar-refractivity contribution in [1.29, 1.82) is 0 Å². The zero-order valence-electron chi connectivity index (χ0n) is 24.2. The van der Waals surface area contributed by atoms with Crippen LogP contribution in [0.2, 0.25) is 0 Å². The quantitative estimate of drug-likeness (QED) is 0.231. The molecule has 1 saturated heterocycles. The minimum atomic E-state index is -4.66. The summed E-state index contributed by atoms with van der Waals surface area (Å²) in [5, 5.41) is 10.9. The molecule has 2 aliphatic heterocycles. The lowest BCUT2D eigenvalue weighted by atomic mass is 9.51. The van der Waals surface area contributed by atoms with Gasteiger partial charge in [0.2, 0.25) is 0 Å². The molecule has 9 nitrogen and oxygen atoms in total. The number of rotatable bonds is 9. The van der Waals surface area contributed by atoms with Gasteiger partial charge in [-0.1, -0.05) is 39.7 Å². The highest BCUT2D eigenvalue weighted by atomic mass is 32.3. The Bertz CT molecular complexity index is 1220. The summed E-state index contributed by atoms with van der Waals surface area (Å²) in [7, 11) is -4.66. The molecule has 3 fully saturated rings. The average Bonchev–Trinajstić information content (AvgIpc) is 3.53. The second kappa shape index (κ2) is 10.3. The highest BCUT2D eigenvalue weighted by Crippen LogP contribution is 2.69. The number of cyclic esters (lactones) is 1. The summed E-state index contributed by atoms with van der Waals surface area (Å²) >= 11 is 0. The third kappa shape index (κ3) is 4.53. The Balaban J connectivity index is 1.37. The van der Waals surface area contributed by atoms with Gasteiger partial charge in [0.25, 0.3) is 0 Å². The molecular formula is C30H44O9S. The average molecular weight is 581 g/mol. The molecule has 2 N–H and O–H groups in total. The number of esters is 1. The largest absolute Gasteiger partial charge is 0.458 e. The molecule has 3 aliphatic carbocycles. The molecule has 4 unspecified atom stereocenters. The third-order valence-corrected chi connectivity index (χ3v) is 11.9. The standard InChI is InChI=1S/C30H44O9S/c1-6-12-28(5)21(18(4)23-13-17(3)20(27(33)38-23)16-37-40(34,35)36)8-9-22(28)19-14-26-30(39-26)25(32)11-10-24(31)29(30,7-2)15-19/h10-11,18-19,21-23,25-26,32H,6-9,12-16H2,1-5H3,(H,34,35,36)/t18-,19?,21?,22?,23?,25-,26+,28+,29-,30+/m0/s1. The van der Waals surface area contributed by atoms with Crippen molar-refractivity contribution in [2.24, 2.45) is 34.5 Å². The first-order chi connectivity index (χ1) is 18.7. The monoisotopic (exact) mass is 580 g/mol. The van der Waals surface area contributed by atoms with Crippen LogP contribution in [0.1, 0.15) is 86.0 Å². The van der Waals surface area contributed by atoms with Crippen LogP contribution in [0, 0.1) is 34.5 Å². The minimum absolute atomic E-state index is 0.0206. The molecule has 0 aromatic carbocycles. The predicted molar refractivity (Wildman–Crippen MR) is 146 cm³/mol. The van der Waals surface area contributed by atoms with Crippen LogP contribution < -0.4 is 0 Å². The van der Waals surface area contributed by atoms with E-state index in [1.807, 2.05) is 6.92 Å². The number of ether oxygens (including phenoxy) is 2. The Labute approximate surface area is 237 Å². The SMILES string of the molecule is CCC[C@@]1(C)C(C2C[C@H]3O[C@]34[C@@H](O)C=CC(=O)[C@]4(CC)C2)CCC1[C@H](C)C1CC(C)=C(COS(=O)(=O)O)C(=O)O1. The van der Waals surface area contributed by atoms with Gasteiger partial charge in [-0.25, -0.2) is 8.98 Å². The topological polar surface area (TPSA) is 140 Å². The lowest BCUT2D eigenvalue weighted by Gasteiger charge is -2.50. The first-order valence-electron chi connectivity index (χ1n) is 14.8. The van der Waals surface area contributed by atoms with Gasteiger partial charge >= 0.3 is 16.4 Å². The lowest BCUT2D eigenvalue weighted by Crippen LogP contribution is -2.58. The Morgan fingerprint density at radius 3 is 2.58 bits per heavy atom. The molecule has 5 rings (SSSR count). The molecule has 2 saturated carbocycles. The second-order valence-electron chi connectivity index (χ2n) is 13.2. The maximum absolute atomic E-state index is 13.4. The van der Waals surface area contributed by atoms with Gasteiger partial charge < -0.3 is 14.6 Å². The molecule has 40 heavy (non-hydrogen) atoms. The number of hydrogen-bond acceptors (Lipinski definition) is 8. The van der Waals surface area contributed by atoms with Crippen LogP contribution in [0.3, 0.4) is 0 Å². The van der Waals surface area contributed by atoms with Crippen molar-refractivity contribution in [3.63, 3.8) is 0 Å². The van der Waals surface area contributed by atoms with Crippen molar-refractivity contribution in [3.8, 4) is 0 Å². The van der Waals surface area contributed by atoms with Crippen molar-refractivity contribution in [1.82, 2.24) is 0 Å². The molecule has 224 valence electrons. The van der Waals surface area contributed by atoms with Gasteiger partial charge in [0, 0.05) is 6.42 Å². The predicted octanol–water partition coefficient (Wildman–Crippen LogP) is 4.35. The van der Waals surface area contributed by atoms with E-state index in [4.69, 9.17) is 14.0 Å². The summed E-state index contributed by atoms with van der Waals surface area (Å²) in [4.78, 5) is 26.2. The van der Waals surface area contributed by atoms with Crippen molar-refractivity contribution in [2.45, 2.75) is 110 Å². The number of hydrogen-bond donors (Lipinski definition) is 2. The number of aliphatic hydroxyl groups excluding tert-OH is 1. The van der Waals surface area contributed by atoms with Gasteiger partial charge in [-0.15, -0.1) is 0 Å². The Kier molecular flexibility index (Phi) is 7.69. The fraction of sp³-hybridized carbons (Fsp3) is 0.800. The molecule has 2 heterocycles. The summed E-state index contributed by atoms with van der Waals surface area (Å²) < 4.78 is 47.5. The molecule has 0 aromatic heterocycles. The Morgan fingerprint density at radius 2 is 1.95 bits per heavy atom. The normalized spacial score (nSPS) is 43.8. The van der Waals surface area contributed by atoms with Crippen LogP contribution in [-0.4, -0.2) is 60.3 Å². The van der Waals surface area contributed by atoms with Gasteiger partial charge in [0.15, 0.2) is 5.78 Å². The molecule has 5 aliphatic rings. The van der Waals surface area contributed by atoms with E-state index in [0.29, 0.717) is 36.2 Å². The molecule has 0 amide bonds. The fourth-order valence-electron chi connectivity index (χ4n) is 9.59. The second-order valence-corrected chi connectivity index (χ2v) is 14.3. The molecule has 10 atom stereocenters. The number of aliphatic hydroxyl groups is 1. The first kappa shape index (κ1) is 29.9. The number of epoxide rings is 1. The fourth-order valence-corrected chi connectivity index (χ4v) is 9.85. The zero-order valence-corrected chi connectivity index (χ0v) is 25.0. The highest BCUT2D eigenvalue weighted by Gasteiger charge is 2.77. The highest BCUT2D eigenvalue weighted by molar-refractivity contribution is 7.80. The van der Waals surface area contributed by atoms with Gasteiger partial charge in [-0.05, 0) is 86.7 Å². The van der Waals surface area contributed by atoms with Crippen molar-refractivity contribution < 1.29 is 41.3 Å². The van der Waals surface area contributed by atoms with Crippen molar-refractivity contribution >= 4 is 22.2 Å². The maximum atomic E-state index is 13.4. The maximum Gasteiger partial charge on any atom is 0.397 e. The van der Waals surface area contributed by atoms with E-state index >= 15 is 0 Å². The van der Waals surface area contributed by atoms with E-state index in [2.05, 4.69) is 25.0 Å². The summed E-state index contributed by atoms with van der Waals surface area (Å²) in [6.07, 6.45) is 8.76. The molecule has 0 aromatic rings. The summed E-state index contributed by atoms with van der Waals surface area (Å²) in [6.45, 7) is 10.0. The van der Waals surface area contributed by atoms with E-state index in [1.54, 1.807) is 19.1 Å². The Hall–Kier alpha value is -1.59. The third-order valence-electron chi connectivity index (χ3n) is 11.5. The van der Waals surface area contributed by atoms with Crippen LogP contribution in [0.5, 0.6) is 0 Å². The molecular weight excluding hydrogens is 536 g/mol. The van der Waals surface area contributed by atoms with E-state index in [1.165, 1.54) is 0 Å². The number of ketones is 1. The van der Waals surface area contributed by atoms with Crippen LogP contribution in [0.15, 0.2) is 23.3 Å². The summed E-state index contributed by atoms with van der Waals surface area (Å²) in [5.74, 6) is 0.546. The van der Waals surface area contributed by atoms with E-state index in [-0.39, 0.29) is 34.9 Å². The molecule has 0 bridgehead atoms. The number of allylic oxidation sites excluding steroid dienone is 1. The summed E-state index contributed by atoms with van der Waals surface area (Å²) in [6, 6.07) is 0. The van der Waals surface area contributed by atoms with Gasteiger partial charge in [-0.3, -0.25) is 9.35 Å². The molecule has 10 heteroatoms. The van der Waals surface area contributed by atoms with Gasteiger partial charge in [0.1, 0.15) is 24.4 Å². The molecule has 0 radical (unpaired) electrons. The van der Waals surface area contributed by atoms with Crippen LogP contribution in [0.25, 0.3) is 0 Å². The van der Waals surface area contributed by atoms with Crippen LogP contribution >= 0.6 is 0 Å². The number of carbonyl (C=O) groups excluding carboxylic acids is 2. The van der Waals surface area contributed by atoms with Gasteiger partial charge in [0.05, 0.1) is 17.1 Å². The minimum Gasteiger partial charge on any atom is -0.458 e. The Morgan fingerprint density at radius 1 is 1.23 bits per heavy atom. The van der Waals surface area contributed by atoms with E-state index < -0.39 is 40.1 Å². The van der Waals surface area contributed by atoms with Crippen LogP contribution in [0.4, 0.5) is 0 Å². The van der Waals surface area contributed by atoms with Crippen LogP contribution in [-0.2, 0) is 33.6 Å². The molecule has 1 spiro atoms. The summed E-state index contributed by atoms with van der Waals surface area (Å²) in [5.41, 5.74) is -0.631. The van der Waals surface area contributed by atoms with Crippen molar-refractivity contribution in [2.75, 3.05) is 6.61 Å². The lowest BCUT2D eigenvalue weighted by molar-refractivity contribution is -0.151. The smallest absolute Gasteiger partial charge is 0.397 e.